The van der Waals surface area contributed by atoms with Gasteiger partial charge in [-0.25, -0.2) is 4.79 Å². The van der Waals surface area contributed by atoms with Crippen LogP contribution in [0.3, 0.4) is 0 Å². The molecule has 0 aliphatic rings. The maximum Gasteiger partial charge on any atom is 0.375 e. The second-order valence-electron chi connectivity index (χ2n) is 5.67. The number of allylic oxidation sites excluding steroid dienone is 1. The second-order valence-corrected chi connectivity index (χ2v) is 5.67. The van der Waals surface area contributed by atoms with E-state index in [2.05, 4.69) is 29.0 Å². The molecule has 0 amide bonds. The van der Waals surface area contributed by atoms with Crippen LogP contribution in [0.1, 0.15) is 30.2 Å². The highest BCUT2D eigenvalue weighted by atomic mass is 16.5. The fourth-order valence-electron chi connectivity index (χ4n) is 2.29. The Kier molecular flexibility index (Phi) is 6.46. The largest absolute Gasteiger partial charge is 0.460 e. The molecule has 1 aromatic heterocycles. The first kappa shape index (κ1) is 18.4. The highest BCUT2D eigenvalue weighted by Gasteiger charge is 2.17. The third-order valence-electron chi connectivity index (χ3n) is 3.62. The Morgan fingerprint density at radius 2 is 1.84 bits per heavy atom. The minimum atomic E-state index is -0.966. The lowest BCUT2D eigenvalue weighted by molar-refractivity contribution is -0.154. The molecule has 25 heavy (non-hydrogen) atoms. The molecule has 1 aromatic carbocycles. The molecule has 1 heterocycles. The molecule has 0 atom stereocenters. The van der Waals surface area contributed by atoms with Gasteiger partial charge >= 0.3 is 5.97 Å². The van der Waals surface area contributed by atoms with E-state index in [4.69, 9.17) is 0 Å². The number of hydrogen-bond acceptors (Lipinski definition) is 4. The summed E-state index contributed by atoms with van der Waals surface area (Å²) in [7, 11) is 0. The predicted molar refractivity (Wildman–Crippen MR) is 95.0 cm³/mol. The van der Waals surface area contributed by atoms with Crippen LogP contribution in [0.4, 0.5) is 0 Å². The molecule has 0 radical (unpaired) electrons. The minimum Gasteiger partial charge on any atom is -0.460 e. The van der Waals surface area contributed by atoms with Gasteiger partial charge in [-0.05, 0) is 43.7 Å². The molecule has 0 aliphatic heterocycles. The smallest absolute Gasteiger partial charge is 0.375 e. The molecule has 130 valence electrons. The Morgan fingerprint density at radius 1 is 1.12 bits per heavy atom. The van der Waals surface area contributed by atoms with Crippen LogP contribution in [0.15, 0.2) is 48.7 Å². The van der Waals surface area contributed by atoms with Gasteiger partial charge in [-0.2, -0.15) is 0 Å². The molecule has 2 rings (SSSR count). The van der Waals surface area contributed by atoms with Gasteiger partial charge in [0.25, 0.3) is 0 Å². The lowest BCUT2D eigenvalue weighted by atomic mass is 10.1. The number of carbonyl (C=O) groups is 3. The number of hydrogen-bond donors (Lipinski definition) is 0. The lowest BCUT2D eigenvalue weighted by Gasteiger charge is -2.07. The average Bonchev–Trinajstić information content (AvgIpc) is 3.02. The van der Waals surface area contributed by atoms with Gasteiger partial charge in [-0.15, -0.1) is 0 Å². The maximum absolute atomic E-state index is 11.8. The third kappa shape index (κ3) is 5.57. The molecule has 0 bridgehead atoms. The molecule has 0 saturated carbocycles. The second kappa shape index (κ2) is 8.78. The number of aryl methyl sites for hydroxylation is 1. The number of aromatic nitrogens is 1. The van der Waals surface area contributed by atoms with Gasteiger partial charge in [0, 0.05) is 18.4 Å². The maximum atomic E-state index is 11.8. The number of rotatable bonds is 8. The van der Waals surface area contributed by atoms with E-state index in [0.717, 1.165) is 11.3 Å². The number of ether oxygens (including phenoxy) is 1. The summed E-state index contributed by atoms with van der Waals surface area (Å²) >= 11 is 0. The summed E-state index contributed by atoms with van der Waals surface area (Å²) in [5.74, 6) is -2.22. The SMILES string of the molecule is CCOC(=O)C(=O)CC(=O)/C=C/c1cccn1Cc1ccc(C)cc1. The van der Waals surface area contributed by atoms with Crippen LogP contribution >= 0.6 is 0 Å². The monoisotopic (exact) mass is 339 g/mol. The van der Waals surface area contributed by atoms with Crippen LogP contribution in [0.5, 0.6) is 0 Å². The molecule has 0 unspecified atom stereocenters. The number of nitrogens with zero attached hydrogens (tertiary/aromatic N) is 1. The Hall–Kier alpha value is -2.95. The summed E-state index contributed by atoms with van der Waals surface area (Å²) < 4.78 is 6.58. The van der Waals surface area contributed by atoms with Gasteiger partial charge in [0.2, 0.25) is 5.78 Å². The minimum absolute atomic E-state index is 0.112. The zero-order chi connectivity index (χ0) is 18.2. The quantitative estimate of drug-likeness (QED) is 0.321. The van der Waals surface area contributed by atoms with Crippen LogP contribution in [0.25, 0.3) is 6.08 Å². The van der Waals surface area contributed by atoms with E-state index in [9.17, 15) is 14.4 Å². The van der Waals surface area contributed by atoms with E-state index in [-0.39, 0.29) is 6.61 Å². The van der Waals surface area contributed by atoms with Crippen molar-refractivity contribution in [2.75, 3.05) is 6.61 Å². The van der Waals surface area contributed by atoms with E-state index in [0.29, 0.717) is 6.54 Å². The predicted octanol–water partition coefficient (Wildman–Crippen LogP) is 2.95. The molecular formula is C20H21NO4. The summed E-state index contributed by atoms with van der Waals surface area (Å²) in [5, 5.41) is 0. The Labute approximate surface area is 146 Å². The van der Waals surface area contributed by atoms with Crippen molar-refractivity contribution >= 4 is 23.6 Å². The van der Waals surface area contributed by atoms with Crippen molar-refractivity contribution in [2.24, 2.45) is 0 Å². The Bertz CT molecular complexity index is 784. The standard InChI is InChI=1S/C20H21NO4/c1-3-25-20(24)19(23)13-18(22)11-10-17-5-4-12-21(17)14-16-8-6-15(2)7-9-16/h4-12H,3,13-14H2,1-2H3/b11-10+. The number of benzene rings is 1. The van der Waals surface area contributed by atoms with Crippen LogP contribution in [-0.4, -0.2) is 28.7 Å². The molecule has 2 aromatic rings. The van der Waals surface area contributed by atoms with E-state index < -0.39 is 24.0 Å². The summed E-state index contributed by atoms with van der Waals surface area (Å²) in [6.07, 6.45) is 4.41. The molecule has 5 nitrogen and oxygen atoms in total. The highest BCUT2D eigenvalue weighted by Crippen LogP contribution is 2.11. The topological polar surface area (TPSA) is 65.4 Å². The average molecular weight is 339 g/mol. The lowest BCUT2D eigenvalue weighted by Crippen LogP contribution is -2.19. The summed E-state index contributed by atoms with van der Waals surface area (Å²) in [6, 6.07) is 12.0. The fraction of sp³-hybridized carbons (Fsp3) is 0.250. The van der Waals surface area contributed by atoms with Gasteiger partial charge in [0.1, 0.15) is 0 Å². The van der Waals surface area contributed by atoms with Crippen LogP contribution < -0.4 is 0 Å². The van der Waals surface area contributed by atoms with Crippen molar-refractivity contribution in [3.8, 4) is 0 Å². The first-order valence-electron chi connectivity index (χ1n) is 8.11. The Morgan fingerprint density at radius 3 is 2.52 bits per heavy atom. The van der Waals surface area contributed by atoms with E-state index >= 15 is 0 Å². The van der Waals surface area contributed by atoms with Crippen molar-refractivity contribution in [1.29, 1.82) is 0 Å². The normalized spacial score (nSPS) is 10.8. The number of Topliss-reactive ketones (excluding diaryl/α,β-unsaturated/α-hetero) is 1. The molecule has 0 N–H and O–H groups in total. The number of ketones is 2. The van der Waals surface area contributed by atoms with Gasteiger partial charge in [-0.1, -0.05) is 29.8 Å². The third-order valence-corrected chi connectivity index (χ3v) is 3.62. The molecular weight excluding hydrogens is 318 g/mol. The van der Waals surface area contributed by atoms with Gasteiger partial charge < -0.3 is 9.30 Å². The highest BCUT2D eigenvalue weighted by molar-refractivity contribution is 6.37. The van der Waals surface area contributed by atoms with E-state index in [1.54, 1.807) is 13.0 Å². The van der Waals surface area contributed by atoms with E-state index in [1.165, 1.54) is 11.6 Å². The van der Waals surface area contributed by atoms with Crippen LogP contribution in [0, 0.1) is 6.92 Å². The van der Waals surface area contributed by atoms with Crippen molar-refractivity contribution in [1.82, 2.24) is 4.57 Å². The molecule has 0 fully saturated rings. The van der Waals surface area contributed by atoms with Crippen molar-refractivity contribution in [2.45, 2.75) is 26.8 Å². The van der Waals surface area contributed by atoms with Gasteiger partial charge in [0.05, 0.1) is 13.0 Å². The zero-order valence-corrected chi connectivity index (χ0v) is 14.4. The first-order chi connectivity index (χ1) is 12.0. The fourth-order valence-corrected chi connectivity index (χ4v) is 2.29. The molecule has 5 heteroatoms. The van der Waals surface area contributed by atoms with E-state index in [1.807, 2.05) is 29.8 Å². The summed E-state index contributed by atoms with van der Waals surface area (Å²) in [5.41, 5.74) is 3.20. The zero-order valence-electron chi connectivity index (χ0n) is 14.4. The van der Waals surface area contributed by atoms with Crippen molar-refractivity contribution < 1.29 is 19.1 Å². The van der Waals surface area contributed by atoms with Crippen molar-refractivity contribution in [3.05, 3.63) is 65.5 Å². The molecule has 0 aliphatic carbocycles. The van der Waals surface area contributed by atoms with Crippen molar-refractivity contribution in [3.63, 3.8) is 0 Å². The molecule has 0 saturated heterocycles. The Balaban J connectivity index is 1.98. The number of esters is 1. The van der Waals surface area contributed by atoms with Crippen LogP contribution in [0.2, 0.25) is 0 Å². The van der Waals surface area contributed by atoms with Gasteiger partial charge in [-0.3, -0.25) is 9.59 Å². The first-order valence-corrected chi connectivity index (χ1v) is 8.11. The number of carbonyl (C=O) groups excluding carboxylic acids is 3. The van der Waals surface area contributed by atoms with Gasteiger partial charge in [0.15, 0.2) is 5.78 Å². The molecule has 0 spiro atoms. The summed E-state index contributed by atoms with van der Waals surface area (Å²) in [6.45, 7) is 4.44. The summed E-state index contributed by atoms with van der Waals surface area (Å²) in [4.78, 5) is 34.6. The van der Waals surface area contributed by atoms with Crippen LogP contribution in [-0.2, 0) is 25.7 Å².